The van der Waals surface area contributed by atoms with Gasteiger partial charge < -0.3 is 9.47 Å². The van der Waals surface area contributed by atoms with Gasteiger partial charge in [0, 0.05) is 0 Å². The summed E-state index contributed by atoms with van der Waals surface area (Å²) in [5.74, 6) is -0.211. The molecule has 1 heterocycles. The zero-order chi connectivity index (χ0) is 25.3. The predicted octanol–water partition coefficient (Wildman–Crippen LogP) is 8.97. The molecule has 1 aliphatic rings. The Hall–Kier alpha value is -1.87. The summed E-state index contributed by atoms with van der Waals surface area (Å²) in [6.07, 6.45) is 22.6. The predicted molar refractivity (Wildman–Crippen MR) is 146 cm³/mol. The largest absolute Gasteiger partial charge is 0.464 e. The minimum absolute atomic E-state index is 0.0492. The Balaban J connectivity index is 2.16. The van der Waals surface area contributed by atoms with Crippen molar-refractivity contribution >= 4 is 5.97 Å². The highest BCUT2D eigenvalue weighted by atomic mass is 16.6. The van der Waals surface area contributed by atoms with Crippen LogP contribution in [0, 0.1) is 0 Å². The molecule has 34 heavy (non-hydrogen) atoms. The molecule has 0 bridgehead atoms. The lowest BCUT2D eigenvalue weighted by Crippen LogP contribution is -2.13. The first-order valence-corrected chi connectivity index (χ1v) is 13.3. The molecule has 0 aromatic carbocycles. The van der Waals surface area contributed by atoms with Crippen LogP contribution < -0.4 is 0 Å². The number of hydrogen-bond acceptors (Lipinski definition) is 3. The monoisotopic (exact) mass is 470 g/mol. The molecule has 0 aromatic heterocycles. The molecule has 1 saturated heterocycles. The van der Waals surface area contributed by atoms with Crippen molar-refractivity contribution in [2.75, 3.05) is 6.61 Å². The lowest BCUT2D eigenvalue weighted by Gasteiger charge is -2.03. The summed E-state index contributed by atoms with van der Waals surface area (Å²) in [4.78, 5) is 11.6. The average Bonchev–Trinajstić information content (AvgIpc) is 3.55. The van der Waals surface area contributed by atoms with Crippen LogP contribution in [0.25, 0.3) is 0 Å². The maximum atomic E-state index is 11.6. The van der Waals surface area contributed by atoms with Crippen molar-refractivity contribution in [2.45, 2.75) is 125 Å². The topological polar surface area (TPSA) is 38.8 Å². The summed E-state index contributed by atoms with van der Waals surface area (Å²) in [6, 6.07) is 0. The number of rotatable bonds is 17. The fourth-order valence-electron chi connectivity index (χ4n) is 3.91. The third-order valence-corrected chi connectivity index (χ3v) is 6.23. The minimum atomic E-state index is -0.325. The smallest absolute Gasteiger partial charge is 0.337 e. The molecular weight excluding hydrogens is 420 g/mol. The number of ether oxygens (including phenoxy) is 2. The summed E-state index contributed by atoms with van der Waals surface area (Å²) < 4.78 is 10.4. The van der Waals surface area contributed by atoms with Crippen molar-refractivity contribution < 1.29 is 14.3 Å². The van der Waals surface area contributed by atoms with Crippen LogP contribution >= 0.6 is 0 Å². The van der Waals surface area contributed by atoms with Gasteiger partial charge in [0.25, 0.3) is 0 Å². The van der Waals surface area contributed by atoms with Crippen molar-refractivity contribution in [1.29, 1.82) is 0 Å². The van der Waals surface area contributed by atoms with Crippen molar-refractivity contribution in [3.05, 3.63) is 58.2 Å². The molecule has 0 unspecified atom stereocenters. The maximum Gasteiger partial charge on any atom is 0.337 e. The Labute approximate surface area is 210 Å². The normalized spacial score (nSPS) is 19.3. The van der Waals surface area contributed by atoms with Gasteiger partial charge in [-0.1, -0.05) is 58.2 Å². The van der Waals surface area contributed by atoms with Crippen LogP contribution in [0.5, 0.6) is 0 Å². The highest BCUT2D eigenvalue weighted by Gasteiger charge is 2.45. The van der Waals surface area contributed by atoms with Gasteiger partial charge in [0.05, 0.1) is 12.7 Å². The van der Waals surface area contributed by atoms with Crippen LogP contribution in [0.1, 0.15) is 113 Å². The molecule has 3 heteroatoms. The molecule has 0 spiro atoms. The zero-order valence-corrected chi connectivity index (χ0v) is 23.0. The maximum absolute atomic E-state index is 11.6. The molecule has 1 rings (SSSR count). The van der Waals surface area contributed by atoms with E-state index in [1.54, 1.807) is 0 Å². The van der Waals surface area contributed by atoms with Crippen LogP contribution in [0.2, 0.25) is 0 Å². The molecule has 1 aliphatic heterocycles. The van der Waals surface area contributed by atoms with Crippen LogP contribution in [0.4, 0.5) is 0 Å². The Morgan fingerprint density at radius 3 is 1.59 bits per heavy atom. The SMILES string of the molecule is CCOC(=O)[C@@H]1O[C@H]1CC/C(C)=C/CC/C(C)=C/CC/C=C(\C)CC/C=C(\C)CCC=C(C)C. The van der Waals surface area contributed by atoms with E-state index in [4.69, 9.17) is 9.47 Å². The summed E-state index contributed by atoms with van der Waals surface area (Å²) in [5.41, 5.74) is 7.27. The lowest BCUT2D eigenvalue weighted by molar-refractivity contribution is -0.144. The first kappa shape index (κ1) is 30.2. The van der Waals surface area contributed by atoms with Crippen molar-refractivity contribution in [3.63, 3.8) is 0 Å². The number of unbranched alkanes of at least 4 members (excludes halogenated alkanes) is 1. The van der Waals surface area contributed by atoms with Gasteiger partial charge in [-0.05, 0) is 113 Å². The van der Waals surface area contributed by atoms with Gasteiger partial charge in [0.1, 0.15) is 0 Å². The fraction of sp³-hybridized carbons (Fsp3) is 0.645. The molecule has 0 amide bonds. The second kappa shape index (κ2) is 17.5. The molecule has 0 N–H and O–H groups in total. The van der Waals surface area contributed by atoms with E-state index in [0.717, 1.165) is 51.4 Å². The number of carbonyl (C=O) groups is 1. The van der Waals surface area contributed by atoms with E-state index in [9.17, 15) is 4.79 Å². The summed E-state index contributed by atoms with van der Waals surface area (Å²) in [5, 5.41) is 0. The number of hydrogen-bond donors (Lipinski definition) is 0. The number of allylic oxidation sites excluding steroid dienone is 10. The lowest BCUT2D eigenvalue weighted by atomic mass is 10.0. The van der Waals surface area contributed by atoms with Crippen molar-refractivity contribution in [1.82, 2.24) is 0 Å². The average molecular weight is 471 g/mol. The van der Waals surface area contributed by atoms with Crippen LogP contribution in [-0.2, 0) is 14.3 Å². The van der Waals surface area contributed by atoms with Gasteiger partial charge in [-0.25, -0.2) is 4.79 Å². The van der Waals surface area contributed by atoms with E-state index < -0.39 is 0 Å². The molecule has 1 fully saturated rings. The van der Waals surface area contributed by atoms with E-state index >= 15 is 0 Å². The second-order valence-electron chi connectivity index (χ2n) is 10.1. The van der Waals surface area contributed by atoms with E-state index in [-0.39, 0.29) is 18.2 Å². The third-order valence-electron chi connectivity index (χ3n) is 6.23. The molecule has 0 aliphatic carbocycles. The van der Waals surface area contributed by atoms with Gasteiger partial charge in [-0.15, -0.1) is 0 Å². The van der Waals surface area contributed by atoms with E-state index in [2.05, 4.69) is 71.9 Å². The van der Waals surface area contributed by atoms with E-state index in [0.29, 0.717) is 6.61 Å². The Bertz CT molecular complexity index is 760. The Morgan fingerprint density at radius 2 is 1.12 bits per heavy atom. The van der Waals surface area contributed by atoms with Crippen LogP contribution in [0.3, 0.4) is 0 Å². The molecular formula is C31H50O3. The summed E-state index contributed by atoms with van der Waals surface area (Å²) in [6.45, 7) is 15.5. The highest BCUT2D eigenvalue weighted by Crippen LogP contribution is 2.29. The minimum Gasteiger partial charge on any atom is -0.464 e. The van der Waals surface area contributed by atoms with Crippen molar-refractivity contribution in [3.8, 4) is 0 Å². The van der Waals surface area contributed by atoms with Gasteiger partial charge in [-0.3, -0.25) is 0 Å². The van der Waals surface area contributed by atoms with Gasteiger partial charge in [-0.2, -0.15) is 0 Å². The molecule has 2 atom stereocenters. The number of epoxide rings is 1. The van der Waals surface area contributed by atoms with Crippen LogP contribution in [0.15, 0.2) is 58.2 Å². The number of carbonyl (C=O) groups excluding carboxylic acids is 1. The Morgan fingerprint density at radius 1 is 0.676 bits per heavy atom. The highest BCUT2D eigenvalue weighted by molar-refractivity contribution is 5.77. The molecule has 0 aromatic rings. The first-order chi connectivity index (χ1) is 16.2. The van der Waals surface area contributed by atoms with Gasteiger partial charge in [0.15, 0.2) is 6.10 Å². The van der Waals surface area contributed by atoms with E-state index in [1.807, 2.05) is 6.92 Å². The summed E-state index contributed by atoms with van der Waals surface area (Å²) in [7, 11) is 0. The molecule has 0 radical (unpaired) electrons. The second-order valence-corrected chi connectivity index (χ2v) is 10.1. The third kappa shape index (κ3) is 15.1. The molecule has 0 saturated carbocycles. The standard InChI is InChI=1S/C31H50O3/c1-8-33-31(32)30-29(34-30)23-22-28(7)21-13-19-26(5)16-10-9-15-25(4)18-12-20-27(6)17-11-14-24(2)3/h14-16,20-21,29-30H,8-13,17-19,22-23H2,1-7H3/b25-15+,26-16+,27-20+,28-21+/t29-,30+/m0/s1. The molecule has 3 nitrogen and oxygen atoms in total. The zero-order valence-electron chi connectivity index (χ0n) is 23.0. The van der Waals surface area contributed by atoms with Crippen molar-refractivity contribution in [2.24, 2.45) is 0 Å². The Kier molecular flexibility index (Phi) is 15.6. The number of esters is 1. The fourth-order valence-corrected chi connectivity index (χ4v) is 3.91. The first-order valence-electron chi connectivity index (χ1n) is 13.3. The van der Waals surface area contributed by atoms with Gasteiger partial charge in [0.2, 0.25) is 0 Å². The van der Waals surface area contributed by atoms with Gasteiger partial charge >= 0.3 is 5.97 Å². The molecule has 192 valence electrons. The summed E-state index contributed by atoms with van der Waals surface area (Å²) >= 11 is 0. The van der Waals surface area contributed by atoms with E-state index in [1.165, 1.54) is 40.7 Å². The quantitative estimate of drug-likeness (QED) is 0.0921. The van der Waals surface area contributed by atoms with Crippen LogP contribution in [-0.4, -0.2) is 24.8 Å².